The number of carbonyl (C=O) groups excluding carboxylic acids is 1. The second-order valence-corrected chi connectivity index (χ2v) is 8.79. The van der Waals surface area contributed by atoms with Gasteiger partial charge in [-0.05, 0) is 31.7 Å². The lowest BCUT2D eigenvalue weighted by Crippen LogP contribution is -2.52. The molecule has 2 atom stereocenters. The molecular formula is C18H26N2O5S. The Morgan fingerprint density at radius 2 is 2.08 bits per heavy atom. The monoisotopic (exact) mass is 382 g/mol. The second kappa shape index (κ2) is 8.64. The van der Waals surface area contributed by atoms with Gasteiger partial charge >= 0.3 is 5.97 Å². The molecule has 1 saturated heterocycles. The molecule has 0 bridgehead atoms. The Labute approximate surface area is 154 Å². The van der Waals surface area contributed by atoms with Gasteiger partial charge in [-0.25, -0.2) is 8.42 Å². The number of rotatable bonds is 7. The number of piperidine rings is 1. The van der Waals surface area contributed by atoms with Gasteiger partial charge in [0.2, 0.25) is 15.9 Å². The van der Waals surface area contributed by atoms with E-state index in [1.807, 2.05) is 31.2 Å². The Morgan fingerprint density at radius 1 is 1.35 bits per heavy atom. The first-order valence-electron chi connectivity index (χ1n) is 8.71. The van der Waals surface area contributed by atoms with E-state index in [9.17, 15) is 23.1 Å². The number of aryl methyl sites for hydroxylation is 1. The lowest BCUT2D eigenvalue weighted by Gasteiger charge is -2.32. The molecular weight excluding hydrogens is 356 g/mol. The molecule has 2 rings (SSSR count). The van der Waals surface area contributed by atoms with Gasteiger partial charge in [-0.15, -0.1) is 0 Å². The molecule has 0 radical (unpaired) electrons. The van der Waals surface area contributed by atoms with Gasteiger partial charge in [-0.1, -0.05) is 36.2 Å². The Balaban J connectivity index is 2.01. The number of nitrogens with one attached hydrogen (secondary N) is 1. The van der Waals surface area contributed by atoms with Gasteiger partial charge in [0.15, 0.2) is 0 Å². The molecule has 1 amide bonds. The summed E-state index contributed by atoms with van der Waals surface area (Å²) < 4.78 is 25.0. The van der Waals surface area contributed by atoms with Crippen molar-refractivity contribution in [3.8, 4) is 0 Å². The maximum Gasteiger partial charge on any atom is 0.308 e. The molecule has 1 aliphatic heterocycles. The molecule has 0 aromatic heterocycles. The predicted molar refractivity (Wildman–Crippen MR) is 98.2 cm³/mol. The van der Waals surface area contributed by atoms with Crippen molar-refractivity contribution < 1.29 is 23.1 Å². The van der Waals surface area contributed by atoms with Crippen molar-refractivity contribution >= 4 is 21.9 Å². The zero-order valence-corrected chi connectivity index (χ0v) is 16.0. The number of aliphatic carboxylic acids is 1. The van der Waals surface area contributed by atoms with Gasteiger partial charge in [0.05, 0.1) is 12.2 Å². The molecule has 1 fully saturated rings. The first-order chi connectivity index (χ1) is 12.2. The average molecular weight is 382 g/mol. The lowest BCUT2D eigenvalue weighted by atomic mass is 9.97. The maximum atomic E-state index is 12.5. The van der Waals surface area contributed by atoms with Crippen LogP contribution in [0.3, 0.4) is 0 Å². The molecule has 1 heterocycles. The summed E-state index contributed by atoms with van der Waals surface area (Å²) >= 11 is 0. The van der Waals surface area contributed by atoms with E-state index in [2.05, 4.69) is 5.32 Å². The summed E-state index contributed by atoms with van der Waals surface area (Å²) in [6, 6.07) is 6.83. The standard InChI is InChI=1S/C18H26N2O5S/c1-13-6-5-7-14(10-13)11-15(18(22)23)12-19-17(21)16-8-3-4-9-20(16)26(2,24)25/h5-7,10,15-16H,3-4,8-9,11-12H2,1-2H3,(H,19,21)(H,22,23)/t15-,16-/m0/s1. The summed E-state index contributed by atoms with van der Waals surface area (Å²) in [5, 5.41) is 12.1. The molecule has 1 aromatic carbocycles. The van der Waals surface area contributed by atoms with Crippen LogP contribution < -0.4 is 5.32 Å². The molecule has 26 heavy (non-hydrogen) atoms. The fraction of sp³-hybridized carbons (Fsp3) is 0.556. The summed E-state index contributed by atoms with van der Waals surface area (Å²) in [7, 11) is -3.47. The van der Waals surface area contributed by atoms with Crippen LogP contribution in [-0.4, -0.2) is 55.1 Å². The highest BCUT2D eigenvalue weighted by atomic mass is 32.2. The molecule has 144 valence electrons. The summed E-state index contributed by atoms with van der Waals surface area (Å²) in [6.45, 7) is 2.22. The van der Waals surface area contributed by atoms with Gasteiger partial charge in [0.25, 0.3) is 0 Å². The number of benzene rings is 1. The molecule has 8 heteroatoms. The third-order valence-electron chi connectivity index (χ3n) is 4.62. The highest BCUT2D eigenvalue weighted by molar-refractivity contribution is 7.88. The topological polar surface area (TPSA) is 104 Å². The van der Waals surface area contributed by atoms with Gasteiger partial charge in [-0.3, -0.25) is 9.59 Å². The fourth-order valence-corrected chi connectivity index (χ4v) is 4.40. The Kier molecular flexibility index (Phi) is 6.77. The normalized spacial score (nSPS) is 19.7. The summed E-state index contributed by atoms with van der Waals surface area (Å²) in [6.07, 6.45) is 3.35. The van der Waals surface area contributed by atoms with Crippen LogP contribution in [0.4, 0.5) is 0 Å². The minimum absolute atomic E-state index is 0.0315. The minimum atomic E-state index is -3.47. The number of hydrogen-bond donors (Lipinski definition) is 2. The van der Waals surface area contributed by atoms with E-state index in [1.165, 1.54) is 4.31 Å². The van der Waals surface area contributed by atoms with E-state index in [-0.39, 0.29) is 6.54 Å². The van der Waals surface area contributed by atoms with Crippen LogP contribution in [0.25, 0.3) is 0 Å². The van der Waals surface area contributed by atoms with Crippen molar-refractivity contribution in [1.82, 2.24) is 9.62 Å². The quantitative estimate of drug-likeness (QED) is 0.737. The smallest absolute Gasteiger partial charge is 0.308 e. The van der Waals surface area contributed by atoms with Crippen LogP contribution >= 0.6 is 0 Å². The zero-order chi connectivity index (χ0) is 19.3. The van der Waals surface area contributed by atoms with Crippen LogP contribution in [0, 0.1) is 12.8 Å². The molecule has 0 spiro atoms. The minimum Gasteiger partial charge on any atom is -0.481 e. The lowest BCUT2D eigenvalue weighted by molar-refractivity contribution is -0.141. The Hall–Kier alpha value is -1.93. The fourth-order valence-electron chi connectivity index (χ4n) is 3.28. The third kappa shape index (κ3) is 5.54. The van der Waals surface area contributed by atoms with Crippen molar-refractivity contribution in [3.63, 3.8) is 0 Å². The van der Waals surface area contributed by atoms with E-state index in [1.54, 1.807) is 0 Å². The molecule has 0 saturated carbocycles. The van der Waals surface area contributed by atoms with Crippen molar-refractivity contribution in [2.24, 2.45) is 5.92 Å². The van der Waals surface area contributed by atoms with Gasteiger partial charge in [0, 0.05) is 13.1 Å². The van der Waals surface area contributed by atoms with Crippen molar-refractivity contribution in [3.05, 3.63) is 35.4 Å². The first-order valence-corrected chi connectivity index (χ1v) is 10.6. The molecule has 7 nitrogen and oxygen atoms in total. The predicted octanol–water partition coefficient (Wildman–Crippen LogP) is 1.17. The van der Waals surface area contributed by atoms with Crippen LogP contribution in [-0.2, 0) is 26.0 Å². The highest BCUT2D eigenvalue weighted by Crippen LogP contribution is 2.20. The van der Waals surface area contributed by atoms with Crippen molar-refractivity contribution in [1.29, 1.82) is 0 Å². The van der Waals surface area contributed by atoms with Crippen molar-refractivity contribution in [2.45, 2.75) is 38.6 Å². The number of carbonyl (C=O) groups is 2. The number of sulfonamides is 1. The maximum absolute atomic E-state index is 12.5. The van der Waals surface area contributed by atoms with E-state index < -0.39 is 33.9 Å². The average Bonchev–Trinajstić information content (AvgIpc) is 2.57. The number of amides is 1. The third-order valence-corrected chi connectivity index (χ3v) is 5.91. The van der Waals surface area contributed by atoms with E-state index >= 15 is 0 Å². The number of carboxylic acids is 1. The van der Waals surface area contributed by atoms with Crippen LogP contribution in [0.15, 0.2) is 24.3 Å². The largest absolute Gasteiger partial charge is 0.481 e. The SMILES string of the molecule is Cc1cccc(C[C@@H](CNC(=O)[C@@H]2CCCCN2S(C)(=O)=O)C(=O)O)c1. The van der Waals surface area contributed by atoms with Gasteiger partial charge in [-0.2, -0.15) is 4.31 Å². The molecule has 0 unspecified atom stereocenters. The van der Waals surface area contributed by atoms with Gasteiger partial charge < -0.3 is 10.4 Å². The van der Waals surface area contributed by atoms with E-state index in [4.69, 9.17) is 0 Å². The zero-order valence-electron chi connectivity index (χ0n) is 15.1. The van der Waals surface area contributed by atoms with Gasteiger partial charge in [0.1, 0.15) is 6.04 Å². The highest BCUT2D eigenvalue weighted by Gasteiger charge is 2.34. The second-order valence-electron chi connectivity index (χ2n) is 6.86. The molecule has 0 aliphatic carbocycles. The van der Waals surface area contributed by atoms with Crippen LogP contribution in [0.5, 0.6) is 0 Å². The number of carboxylic acid groups (broad SMARTS) is 1. The number of nitrogens with zero attached hydrogens (tertiary/aromatic N) is 1. The number of hydrogen-bond acceptors (Lipinski definition) is 4. The van der Waals surface area contributed by atoms with Crippen LogP contribution in [0.2, 0.25) is 0 Å². The summed E-state index contributed by atoms with van der Waals surface area (Å²) in [5.41, 5.74) is 1.93. The Bertz CT molecular complexity index is 763. The van der Waals surface area contributed by atoms with E-state index in [0.717, 1.165) is 30.2 Å². The van der Waals surface area contributed by atoms with E-state index in [0.29, 0.717) is 19.4 Å². The molecule has 1 aromatic rings. The molecule has 2 N–H and O–H groups in total. The molecule has 1 aliphatic rings. The first kappa shape index (κ1) is 20.4. The summed E-state index contributed by atoms with van der Waals surface area (Å²) in [4.78, 5) is 24.0. The van der Waals surface area contributed by atoms with Crippen molar-refractivity contribution in [2.75, 3.05) is 19.3 Å². The summed E-state index contributed by atoms with van der Waals surface area (Å²) in [5.74, 6) is -2.18. The Morgan fingerprint density at radius 3 is 2.69 bits per heavy atom. The van der Waals surface area contributed by atoms with Crippen LogP contribution in [0.1, 0.15) is 30.4 Å².